The topological polar surface area (TPSA) is 148 Å². The number of nitro benzene ring substituents is 1. The zero-order valence-corrected chi connectivity index (χ0v) is 18.5. The molecule has 170 valence electrons. The molecule has 3 rings (SSSR count). The molecule has 2 amide bonds. The number of non-ortho nitro benzene ring substituents is 1. The minimum Gasteiger partial charge on any atom is -0.493 e. The van der Waals surface area contributed by atoms with Gasteiger partial charge in [0.2, 0.25) is 0 Å². The molecule has 2 aromatic rings. The molecule has 0 radical (unpaired) electrons. The summed E-state index contributed by atoms with van der Waals surface area (Å²) in [4.78, 5) is 46.3. The minimum atomic E-state index is -1.14. The SMILES string of the molecule is COc1cc(/C=C2/SC(=S)N(NC(=O)c3ccc([N+](=O)[O-])cc3)C2=O)ccc1OCC(=O)O. The van der Waals surface area contributed by atoms with E-state index in [1.165, 1.54) is 43.5 Å². The van der Waals surface area contributed by atoms with Crippen LogP contribution in [0.25, 0.3) is 6.08 Å². The van der Waals surface area contributed by atoms with Crippen LogP contribution in [0, 0.1) is 10.1 Å². The van der Waals surface area contributed by atoms with Crippen LogP contribution in [0.15, 0.2) is 47.4 Å². The highest BCUT2D eigenvalue weighted by atomic mass is 32.2. The number of aliphatic carboxylic acids is 1. The third-order valence-corrected chi connectivity index (χ3v) is 5.49. The summed E-state index contributed by atoms with van der Waals surface area (Å²) in [6.07, 6.45) is 1.53. The standard InChI is InChI=1S/C20H15N3O8S2/c1-30-15-8-11(2-7-14(15)31-10-17(24)25)9-16-19(27)22(20(32)33-16)21-18(26)12-3-5-13(6-4-12)23(28)29/h2-9H,10H2,1H3,(H,21,26)(H,24,25)/b16-9+. The van der Waals surface area contributed by atoms with Gasteiger partial charge < -0.3 is 14.6 Å². The third kappa shape index (κ3) is 5.64. The summed E-state index contributed by atoms with van der Waals surface area (Å²) >= 11 is 6.15. The van der Waals surface area contributed by atoms with Crippen LogP contribution in [-0.2, 0) is 9.59 Å². The van der Waals surface area contributed by atoms with Crippen LogP contribution in [-0.4, -0.2) is 50.9 Å². The Morgan fingerprint density at radius 1 is 1.24 bits per heavy atom. The highest BCUT2D eigenvalue weighted by Crippen LogP contribution is 2.34. The Kier molecular flexibility index (Phi) is 7.25. The van der Waals surface area contributed by atoms with E-state index in [9.17, 15) is 24.5 Å². The summed E-state index contributed by atoms with van der Waals surface area (Å²) < 4.78 is 10.4. The van der Waals surface area contributed by atoms with Crippen molar-refractivity contribution in [3.05, 3.63) is 68.6 Å². The molecule has 2 aromatic carbocycles. The quantitative estimate of drug-likeness (QED) is 0.245. The number of carbonyl (C=O) groups is 3. The number of rotatable bonds is 8. The molecule has 0 aromatic heterocycles. The van der Waals surface area contributed by atoms with Gasteiger partial charge in [0.25, 0.3) is 17.5 Å². The number of nitro groups is 1. The zero-order chi connectivity index (χ0) is 24.1. The van der Waals surface area contributed by atoms with Gasteiger partial charge in [0.1, 0.15) is 0 Å². The molecule has 1 saturated heterocycles. The number of thiocarbonyl (C=S) groups is 1. The first-order valence-electron chi connectivity index (χ1n) is 9.05. The number of thioether (sulfide) groups is 1. The lowest BCUT2D eigenvalue weighted by Gasteiger charge is -2.15. The monoisotopic (exact) mass is 489 g/mol. The van der Waals surface area contributed by atoms with Crippen LogP contribution in [0.3, 0.4) is 0 Å². The van der Waals surface area contributed by atoms with Crippen molar-refractivity contribution in [3.8, 4) is 11.5 Å². The molecule has 0 bridgehead atoms. The van der Waals surface area contributed by atoms with Gasteiger partial charge in [0.15, 0.2) is 22.4 Å². The number of nitrogens with one attached hydrogen (secondary N) is 1. The maximum Gasteiger partial charge on any atom is 0.341 e. The highest BCUT2D eigenvalue weighted by molar-refractivity contribution is 8.26. The second-order valence-electron chi connectivity index (χ2n) is 6.35. The summed E-state index contributed by atoms with van der Waals surface area (Å²) in [5, 5.41) is 20.4. The fraction of sp³-hybridized carbons (Fsp3) is 0.100. The molecule has 1 heterocycles. The molecule has 0 spiro atoms. The van der Waals surface area contributed by atoms with E-state index < -0.39 is 29.3 Å². The molecule has 1 aliphatic rings. The van der Waals surface area contributed by atoms with E-state index in [0.717, 1.165) is 16.8 Å². The number of amides is 2. The van der Waals surface area contributed by atoms with Gasteiger partial charge in [-0.3, -0.25) is 25.1 Å². The second kappa shape index (κ2) is 10.1. The molecule has 1 aliphatic heterocycles. The summed E-state index contributed by atoms with van der Waals surface area (Å²) in [5.41, 5.74) is 2.88. The number of carbonyl (C=O) groups excluding carboxylic acids is 2. The summed E-state index contributed by atoms with van der Waals surface area (Å²) in [7, 11) is 1.39. The van der Waals surface area contributed by atoms with Crippen molar-refractivity contribution in [2.75, 3.05) is 13.7 Å². The number of carboxylic acid groups (broad SMARTS) is 1. The van der Waals surface area contributed by atoms with Gasteiger partial charge in [-0.25, -0.2) is 4.79 Å². The van der Waals surface area contributed by atoms with Gasteiger partial charge >= 0.3 is 5.97 Å². The summed E-state index contributed by atoms with van der Waals surface area (Å²) in [6, 6.07) is 9.54. The second-order valence-corrected chi connectivity index (χ2v) is 8.03. The van der Waals surface area contributed by atoms with Crippen LogP contribution in [0.4, 0.5) is 5.69 Å². The number of carboxylic acids is 1. The Bertz CT molecular complexity index is 1180. The van der Waals surface area contributed by atoms with Crippen LogP contribution >= 0.6 is 24.0 Å². The van der Waals surface area contributed by atoms with Gasteiger partial charge in [0.05, 0.1) is 16.9 Å². The van der Waals surface area contributed by atoms with Crippen LogP contribution < -0.4 is 14.9 Å². The smallest absolute Gasteiger partial charge is 0.341 e. The first-order chi connectivity index (χ1) is 15.7. The number of hydrogen-bond donors (Lipinski definition) is 2. The van der Waals surface area contributed by atoms with Gasteiger partial charge in [0, 0.05) is 17.7 Å². The molecule has 1 fully saturated rings. The lowest BCUT2D eigenvalue weighted by molar-refractivity contribution is -0.384. The van der Waals surface area contributed by atoms with Crippen molar-refractivity contribution in [2.24, 2.45) is 0 Å². The predicted molar refractivity (Wildman–Crippen MR) is 122 cm³/mol. The molecule has 0 aliphatic carbocycles. The molecule has 13 heteroatoms. The summed E-state index contributed by atoms with van der Waals surface area (Å²) in [6.45, 7) is -0.539. The molecular weight excluding hydrogens is 474 g/mol. The largest absolute Gasteiger partial charge is 0.493 e. The van der Waals surface area contributed by atoms with Gasteiger partial charge in [-0.15, -0.1) is 0 Å². The van der Waals surface area contributed by atoms with Crippen LogP contribution in [0.5, 0.6) is 11.5 Å². The average Bonchev–Trinajstić information content (AvgIpc) is 3.05. The first kappa shape index (κ1) is 23.7. The molecule has 0 saturated carbocycles. The Balaban J connectivity index is 1.74. The predicted octanol–water partition coefficient (Wildman–Crippen LogP) is 2.61. The fourth-order valence-corrected chi connectivity index (χ4v) is 3.83. The molecule has 2 N–H and O–H groups in total. The van der Waals surface area contributed by atoms with Crippen LogP contribution in [0.1, 0.15) is 15.9 Å². The number of hydrogen-bond acceptors (Lipinski definition) is 9. The van der Waals surface area contributed by atoms with E-state index >= 15 is 0 Å². The van der Waals surface area contributed by atoms with Gasteiger partial charge in [-0.2, -0.15) is 5.01 Å². The van der Waals surface area contributed by atoms with Crippen molar-refractivity contribution in [2.45, 2.75) is 0 Å². The number of methoxy groups -OCH3 is 1. The number of hydrazine groups is 1. The molecular formula is C20H15N3O8S2. The van der Waals surface area contributed by atoms with E-state index in [1.807, 2.05) is 0 Å². The zero-order valence-electron chi connectivity index (χ0n) is 16.8. The lowest BCUT2D eigenvalue weighted by Crippen LogP contribution is -2.44. The third-order valence-electron chi connectivity index (χ3n) is 4.18. The highest BCUT2D eigenvalue weighted by Gasteiger charge is 2.34. The van der Waals surface area contributed by atoms with Crippen LogP contribution in [0.2, 0.25) is 0 Å². The van der Waals surface area contributed by atoms with Crippen molar-refractivity contribution in [1.29, 1.82) is 0 Å². The first-order valence-corrected chi connectivity index (χ1v) is 10.3. The minimum absolute atomic E-state index is 0.0925. The maximum absolute atomic E-state index is 12.8. The number of nitrogens with zero attached hydrogens (tertiary/aromatic N) is 2. The van der Waals surface area contributed by atoms with Crippen molar-refractivity contribution in [1.82, 2.24) is 10.4 Å². The van der Waals surface area contributed by atoms with E-state index in [4.69, 9.17) is 26.8 Å². The number of ether oxygens (including phenoxy) is 2. The van der Waals surface area contributed by atoms with E-state index in [2.05, 4.69) is 5.43 Å². The molecule has 0 atom stereocenters. The molecule has 0 unspecified atom stereocenters. The Morgan fingerprint density at radius 2 is 1.94 bits per heavy atom. The van der Waals surface area contributed by atoms with Gasteiger partial charge in [-0.05, 0) is 48.1 Å². The fourth-order valence-electron chi connectivity index (χ4n) is 2.65. The van der Waals surface area contributed by atoms with E-state index in [-0.39, 0.29) is 32.0 Å². The molecule has 11 nitrogen and oxygen atoms in total. The number of benzene rings is 2. The Hall–Kier alpha value is -3.97. The van der Waals surface area contributed by atoms with E-state index in [1.54, 1.807) is 12.1 Å². The molecule has 33 heavy (non-hydrogen) atoms. The maximum atomic E-state index is 12.8. The van der Waals surface area contributed by atoms with Gasteiger partial charge in [-0.1, -0.05) is 17.8 Å². The van der Waals surface area contributed by atoms with Crippen molar-refractivity contribution in [3.63, 3.8) is 0 Å². The Morgan fingerprint density at radius 3 is 2.55 bits per heavy atom. The summed E-state index contributed by atoms with van der Waals surface area (Å²) in [5.74, 6) is -1.87. The van der Waals surface area contributed by atoms with Crippen molar-refractivity contribution < 1.29 is 33.9 Å². The van der Waals surface area contributed by atoms with E-state index in [0.29, 0.717) is 5.56 Å². The normalized spacial score (nSPS) is 14.3. The Labute approximate surface area is 196 Å². The lowest BCUT2D eigenvalue weighted by atomic mass is 10.2. The van der Waals surface area contributed by atoms with Crippen molar-refractivity contribution >= 4 is 57.8 Å². The average molecular weight is 489 g/mol.